The van der Waals surface area contributed by atoms with Gasteiger partial charge in [0.05, 0.1) is 45.5 Å². The third kappa shape index (κ3) is 5.54. The van der Waals surface area contributed by atoms with E-state index in [4.69, 9.17) is 44.5 Å². The first-order valence-corrected chi connectivity index (χ1v) is 12.8. The zero-order valence-corrected chi connectivity index (χ0v) is 22.7. The average Bonchev–Trinajstić information content (AvgIpc) is 2.89. The number of benzene rings is 3. The van der Waals surface area contributed by atoms with Crippen LogP contribution in [0.25, 0.3) is 16.6 Å². The summed E-state index contributed by atoms with van der Waals surface area (Å²) in [5.74, 6) is 1.03. The van der Waals surface area contributed by atoms with Crippen LogP contribution in [0.5, 0.6) is 5.75 Å². The third-order valence-corrected chi connectivity index (χ3v) is 7.00. The summed E-state index contributed by atoms with van der Waals surface area (Å²) in [4.78, 5) is 33.6. The molecule has 0 aliphatic carbocycles. The number of aromatic nitrogens is 2. The summed E-state index contributed by atoms with van der Waals surface area (Å²) in [7, 11) is 1.57. The quantitative estimate of drug-likeness (QED) is 0.257. The van der Waals surface area contributed by atoms with Crippen molar-refractivity contribution < 1.29 is 9.53 Å². The number of carbonyl (C=O) groups is 1. The lowest BCUT2D eigenvalue weighted by Gasteiger charge is -2.30. The summed E-state index contributed by atoms with van der Waals surface area (Å²) < 4.78 is 6.79. The largest absolute Gasteiger partial charge is 0.497 e. The molecule has 10 heteroatoms. The Morgan fingerprint density at radius 2 is 1.84 bits per heavy atom. The summed E-state index contributed by atoms with van der Waals surface area (Å²) in [6.07, 6.45) is 0.674. The second-order valence-corrected chi connectivity index (χ2v) is 9.59. The van der Waals surface area contributed by atoms with Crippen LogP contribution < -0.4 is 15.6 Å². The highest BCUT2D eigenvalue weighted by Crippen LogP contribution is 2.31. The monoisotopic (exact) mass is 558 g/mol. The van der Waals surface area contributed by atoms with Crippen LogP contribution in [-0.4, -0.2) is 34.1 Å². The van der Waals surface area contributed by atoms with E-state index in [0.29, 0.717) is 56.9 Å². The number of nitrogens with one attached hydrogen (secondary N) is 1. The van der Waals surface area contributed by atoms with Gasteiger partial charge in [0, 0.05) is 11.6 Å². The number of nitrogens with zero attached hydrogens (tertiary/aromatic N) is 3. The summed E-state index contributed by atoms with van der Waals surface area (Å²) in [6, 6.07) is 16.0. The van der Waals surface area contributed by atoms with Gasteiger partial charge in [0.1, 0.15) is 11.6 Å². The number of halogens is 3. The molecule has 2 amide bonds. The van der Waals surface area contributed by atoms with E-state index in [-0.39, 0.29) is 10.6 Å². The van der Waals surface area contributed by atoms with Crippen molar-refractivity contribution in [3.63, 3.8) is 0 Å². The van der Waals surface area contributed by atoms with E-state index in [9.17, 15) is 9.59 Å². The Bertz CT molecular complexity index is 1510. The molecule has 0 spiro atoms. The number of carbonyl (C=O) groups excluding carboxylic acids is 1. The van der Waals surface area contributed by atoms with Crippen LogP contribution in [0.15, 0.2) is 65.5 Å². The first-order valence-electron chi connectivity index (χ1n) is 11.6. The Morgan fingerprint density at radius 3 is 2.51 bits per heavy atom. The number of hydrogen-bond acceptors (Lipinski definition) is 4. The molecule has 0 aliphatic heterocycles. The maximum Gasteiger partial charge on any atom is 0.322 e. The molecule has 37 heavy (non-hydrogen) atoms. The maximum absolute atomic E-state index is 13.7. The van der Waals surface area contributed by atoms with E-state index in [0.717, 1.165) is 0 Å². The van der Waals surface area contributed by atoms with Crippen LogP contribution in [0.3, 0.4) is 0 Å². The summed E-state index contributed by atoms with van der Waals surface area (Å²) in [6.45, 7) is 4.19. The Kier molecular flexibility index (Phi) is 8.27. The molecule has 1 heterocycles. The Labute approximate surface area is 229 Å². The molecule has 4 aromatic rings. The fourth-order valence-corrected chi connectivity index (χ4v) is 4.59. The van der Waals surface area contributed by atoms with E-state index in [1.807, 2.05) is 13.8 Å². The third-order valence-electron chi connectivity index (χ3n) is 5.95. The minimum atomic E-state index is -0.601. The van der Waals surface area contributed by atoms with Crippen molar-refractivity contribution in [3.8, 4) is 11.4 Å². The first-order chi connectivity index (χ1) is 17.7. The number of rotatable bonds is 7. The highest BCUT2D eigenvalue weighted by atomic mass is 35.5. The zero-order chi connectivity index (χ0) is 26.7. The normalized spacial score (nSPS) is 11.8. The second-order valence-electron chi connectivity index (χ2n) is 8.37. The molecule has 1 unspecified atom stereocenters. The minimum absolute atomic E-state index is 0.246. The van der Waals surface area contributed by atoms with Gasteiger partial charge in [-0.05, 0) is 67.9 Å². The Hall–Kier alpha value is -3.26. The van der Waals surface area contributed by atoms with Crippen LogP contribution in [0, 0.1) is 0 Å². The number of methoxy groups -OCH3 is 1. The van der Waals surface area contributed by atoms with E-state index >= 15 is 0 Å². The summed E-state index contributed by atoms with van der Waals surface area (Å²) in [5.41, 5.74) is 1.15. The number of anilines is 1. The van der Waals surface area contributed by atoms with Crippen molar-refractivity contribution in [1.29, 1.82) is 0 Å². The van der Waals surface area contributed by atoms with Crippen molar-refractivity contribution >= 4 is 57.4 Å². The van der Waals surface area contributed by atoms with Crippen molar-refractivity contribution in [2.45, 2.75) is 26.3 Å². The first kappa shape index (κ1) is 26.8. The molecule has 0 fully saturated rings. The van der Waals surface area contributed by atoms with Crippen LogP contribution in [0.2, 0.25) is 15.1 Å². The second kappa shape index (κ2) is 11.4. The number of urea groups is 1. The highest BCUT2D eigenvalue weighted by Gasteiger charge is 2.27. The summed E-state index contributed by atoms with van der Waals surface area (Å²) in [5, 5.41) is 4.28. The number of hydrogen-bond donors (Lipinski definition) is 1. The molecule has 0 bridgehead atoms. The molecule has 1 N–H and O–H groups in total. The fourth-order valence-electron chi connectivity index (χ4n) is 4.08. The van der Waals surface area contributed by atoms with Gasteiger partial charge in [-0.3, -0.25) is 9.36 Å². The van der Waals surface area contributed by atoms with E-state index in [2.05, 4.69) is 5.32 Å². The lowest BCUT2D eigenvalue weighted by atomic mass is 10.1. The van der Waals surface area contributed by atoms with Crippen LogP contribution in [0.1, 0.15) is 32.1 Å². The van der Waals surface area contributed by atoms with Gasteiger partial charge < -0.3 is 15.0 Å². The van der Waals surface area contributed by atoms with Gasteiger partial charge in [-0.2, -0.15) is 0 Å². The molecule has 4 rings (SSSR count). The van der Waals surface area contributed by atoms with Crippen LogP contribution in [0.4, 0.5) is 10.5 Å². The van der Waals surface area contributed by atoms with Crippen LogP contribution >= 0.6 is 34.8 Å². The van der Waals surface area contributed by atoms with E-state index < -0.39 is 12.1 Å². The SMILES string of the molecule is CCCN(C(=O)Nc1cccc(Cl)c1Cl)C(C)c1nc2cc(Cl)ccc2c(=O)n1-c1ccc(OC)cc1. The van der Waals surface area contributed by atoms with E-state index in [1.165, 1.54) is 4.57 Å². The van der Waals surface area contributed by atoms with E-state index in [1.54, 1.807) is 72.7 Å². The molecule has 0 radical (unpaired) electrons. The molecule has 192 valence electrons. The summed E-state index contributed by atoms with van der Waals surface area (Å²) >= 11 is 18.6. The van der Waals surface area contributed by atoms with Gasteiger partial charge in [-0.25, -0.2) is 9.78 Å². The smallest absolute Gasteiger partial charge is 0.322 e. The molecule has 7 nitrogen and oxygen atoms in total. The van der Waals surface area contributed by atoms with Gasteiger partial charge in [0.15, 0.2) is 0 Å². The van der Waals surface area contributed by atoms with Gasteiger partial charge in [-0.1, -0.05) is 47.8 Å². The molecular formula is C27H25Cl3N4O3. The predicted molar refractivity (Wildman–Crippen MR) is 150 cm³/mol. The highest BCUT2D eigenvalue weighted by molar-refractivity contribution is 6.44. The molecule has 1 atom stereocenters. The molecule has 3 aromatic carbocycles. The average molecular weight is 560 g/mol. The zero-order valence-electron chi connectivity index (χ0n) is 20.5. The van der Waals surface area contributed by atoms with Crippen molar-refractivity contribution in [3.05, 3.63) is 91.9 Å². The Balaban J connectivity index is 1.85. The molecule has 0 saturated carbocycles. The fraction of sp³-hybridized carbons (Fsp3) is 0.222. The molecule has 1 aromatic heterocycles. The van der Waals surface area contributed by atoms with Gasteiger partial charge in [0.25, 0.3) is 5.56 Å². The van der Waals surface area contributed by atoms with Crippen LogP contribution in [-0.2, 0) is 0 Å². The standard InChI is InChI=1S/C27H25Cl3N4O3/c1-4-14-33(27(36)32-22-7-5-6-21(29)24(22)30)16(2)25-31-23-15-17(28)8-13-20(23)26(35)34(25)18-9-11-19(37-3)12-10-18/h5-13,15-16H,4,14H2,1-3H3,(H,32,36). The van der Waals surface area contributed by atoms with Crippen molar-refractivity contribution in [2.75, 3.05) is 19.0 Å². The van der Waals surface area contributed by atoms with Gasteiger partial charge >= 0.3 is 6.03 Å². The van der Waals surface area contributed by atoms with Gasteiger partial charge in [0.2, 0.25) is 0 Å². The number of ether oxygens (including phenoxy) is 1. The van der Waals surface area contributed by atoms with Crippen molar-refractivity contribution in [1.82, 2.24) is 14.5 Å². The lowest BCUT2D eigenvalue weighted by Crippen LogP contribution is -2.40. The molecular weight excluding hydrogens is 535 g/mol. The topological polar surface area (TPSA) is 76.5 Å². The predicted octanol–water partition coefficient (Wildman–Crippen LogP) is 7.36. The molecule has 0 saturated heterocycles. The van der Waals surface area contributed by atoms with Crippen molar-refractivity contribution in [2.24, 2.45) is 0 Å². The minimum Gasteiger partial charge on any atom is -0.497 e. The molecule has 0 aliphatic rings. The number of amides is 2. The maximum atomic E-state index is 13.7. The number of fused-ring (bicyclic) bond motifs is 1. The van der Waals surface area contributed by atoms with Gasteiger partial charge in [-0.15, -0.1) is 0 Å². The Morgan fingerprint density at radius 1 is 1.11 bits per heavy atom. The lowest BCUT2D eigenvalue weighted by molar-refractivity contribution is 0.189.